The van der Waals surface area contributed by atoms with Gasteiger partial charge in [0.05, 0.1) is 28.0 Å². The summed E-state index contributed by atoms with van der Waals surface area (Å²) in [7, 11) is 0. The molecule has 10 heteroatoms. The molecule has 2 aromatic heterocycles. The Labute approximate surface area is 188 Å². The maximum absolute atomic E-state index is 15.1. The molecule has 2 N–H and O–H groups in total. The largest absolute Gasteiger partial charge is 0.476 e. The van der Waals surface area contributed by atoms with Gasteiger partial charge in [-0.3, -0.25) is 4.57 Å². The minimum atomic E-state index is -1.37. The van der Waals surface area contributed by atoms with Crippen LogP contribution in [0.25, 0.3) is 28.3 Å². The molecule has 2 aromatic carbocycles. The number of aromatic carboxylic acids is 1. The summed E-state index contributed by atoms with van der Waals surface area (Å²) in [6, 6.07) is 9.58. The van der Waals surface area contributed by atoms with Crippen molar-refractivity contribution in [3.63, 3.8) is 0 Å². The van der Waals surface area contributed by atoms with E-state index < -0.39 is 17.6 Å². The van der Waals surface area contributed by atoms with Gasteiger partial charge in [0.1, 0.15) is 11.6 Å². The normalized spacial score (nSPS) is 11.1. The molecule has 0 aliphatic heterocycles. The van der Waals surface area contributed by atoms with Crippen LogP contribution in [0.1, 0.15) is 15.4 Å². The molecule has 0 aliphatic carbocycles. The number of carboxylic acid groups (broad SMARTS) is 1. The lowest BCUT2D eigenvalue weighted by Crippen LogP contribution is -2.05. The first-order chi connectivity index (χ1) is 14.8. The number of halogens is 4. The van der Waals surface area contributed by atoms with Crippen LogP contribution in [-0.2, 0) is 6.61 Å². The Kier molecular flexibility index (Phi) is 5.81. The molecule has 5 nitrogen and oxygen atoms in total. The monoisotopic (exact) mass is 480 g/mol. The molecule has 0 radical (unpaired) electrons. The number of carbonyl (C=O) groups is 1. The molecular weight excluding hydrogens is 469 g/mol. The second-order valence-electron chi connectivity index (χ2n) is 6.43. The molecule has 0 spiro atoms. The summed E-state index contributed by atoms with van der Waals surface area (Å²) in [5, 5.41) is 20.5. The van der Waals surface area contributed by atoms with E-state index in [1.807, 2.05) is 0 Å². The van der Waals surface area contributed by atoms with Crippen molar-refractivity contribution in [1.82, 2.24) is 9.55 Å². The highest BCUT2D eigenvalue weighted by atomic mass is 35.5. The van der Waals surface area contributed by atoms with E-state index in [0.29, 0.717) is 10.4 Å². The standard InChI is InChI=1S/C21H12Cl2F2N2O3S/c22-13-2-1-3-16(17(13)25)27-19(10-4-5-15(24)14(23)7-10)18(21(29)30)26-20(27)11-6-12(8-28)31-9-11/h1-7,9,28H,8H2,(H,29,30). The molecule has 0 saturated carbocycles. The average molecular weight is 481 g/mol. The molecule has 0 aliphatic rings. The highest BCUT2D eigenvalue weighted by molar-refractivity contribution is 7.10. The summed E-state index contributed by atoms with van der Waals surface area (Å²) in [6.45, 7) is -0.219. The number of imidazole rings is 1. The fourth-order valence-electron chi connectivity index (χ4n) is 3.15. The number of thiophene rings is 1. The Morgan fingerprint density at radius 2 is 1.87 bits per heavy atom. The maximum atomic E-state index is 15.1. The minimum absolute atomic E-state index is 0.00214. The van der Waals surface area contributed by atoms with Crippen molar-refractivity contribution in [3.05, 3.63) is 80.1 Å². The number of hydrogen-bond donors (Lipinski definition) is 2. The molecule has 0 atom stereocenters. The number of aliphatic hydroxyl groups excluding tert-OH is 1. The van der Waals surface area contributed by atoms with Crippen LogP contribution in [0.3, 0.4) is 0 Å². The Bertz CT molecular complexity index is 1320. The van der Waals surface area contributed by atoms with Crippen molar-refractivity contribution in [2.75, 3.05) is 0 Å². The van der Waals surface area contributed by atoms with Crippen LogP contribution >= 0.6 is 34.5 Å². The molecule has 4 rings (SSSR count). The van der Waals surface area contributed by atoms with Gasteiger partial charge in [0.15, 0.2) is 11.5 Å². The fourth-order valence-corrected chi connectivity index (χ4v) is 4.22. The van der Waals surface area contributed by atoms with Gasteiger partial charge >= 0.3 is 5.97 Å². The molecule has 0 fully saturated rings. The van der Waals surface area contributed by atoms with E-state index in [9.17, 15) is 19.4 Å². The number of nitrogens with zero attached hydrogens (tertiary/aromatic N) is 2. The summed E-state index contributed by atoms with van der Waals surface area (Å²) < 4.78 is 30.1. The Hall–Kier alpha value is -2.78. The first-order valence-electron chi connectivity index (χ1n) is 8.76. The van der Waals surface area contributed by atoms with Crippen molar-refractivity contribution < 1.29 is 23.8 Å². The molecule has 31 heavy (non-hydrogen) atoms. The summed E-state index contributed by atoms with van der Waals surface area (Å²) in [6.07, 6.45) is 0. The van der Waals surface area contributed by atoms with Crippen LogP contribution in [0.15, 0.2) is 47.8 Å². The second kappa shape index (κ2) is 8.39. The molecule has 0 amide bonds. The van der Waals surface area contributed by atoms with Gasteiger partial charge in [-0.1, -0.05) is 29.3 Å². The first kappa shape index (κ1) is 21.5. The zero-order chi connectivity index (χ0) is 22.3. The second-order valence-corrected chi connectivity index (χ2v) is 8.25. The number of carboxylic acids is 1. The molecule has 2 heterocycles. The van der Waals surface area contributed by atoms with Gasteiger partial charge in [-0.25, -0.2) is 18.6 Å². The van der Waals surface area contributed by atoms with Crippen molar-refractivity contribution in [2.24, 2.45) is 0 Å². The van der Waals surface area contributed by atoms with Crippen molar-refractivity contribution in [1.29, 1.82) is 0 Å². The van der Waals surface area contributed by atoms with Crippen molar-refractivity contribution in [3.8, 4) is 28.3 Å². The number of rotatable bonds is 5. The lowest BCUT2D eigenvalue weighted by molar-refractivity contribution is 0.0692. The number of aromatic nitrogens is 2. The molecule has 0 unspecified atom stereocenters. The van der Waals surface area contributed by atoms with E-state index in [1.54, 1.807) is 11.4 Å². The van der Waals surface area contributed by atoms with E-state index in [-0.39, 0.29) is 45.1 Å². The maximum Gasteiger partial charge on any atom is 0.356 e. The summed E-state index contributed by atoms with van der Waals surface area (Å²) >= 11 is 13.1. The van der Waals surface area contributed by atoms with Crippen LogP contribution in [0.2, 0.25) is 10.0 Å². The predicted octanol–water partition coefficient (Wildman–Crippen LogP) is 6.04. The smallest absolute Gasteiger partial charge is 0.356 e. The van der Waals surface area contributed by atoms with Crippen LogP contribution in [0.5, 0.6) is 0 Å². The molecular formula is C21H12Cl2F2N2O3S. The third kappa shape index (κ3) is 3.83. The van der Waals surface area contributed by atoms with Gasteiger partial charge in [0, 0.05) is 21.4 Å². The van der Waals surface area contributed by atoms with E-state index in [0.717, 1.165) is 6.07 Å². The molecule has 0 bridgehead atoms. The van der Waals surface area contributed by atoms with Crippen LogP contribution in [0.4, 0.5) is 8.78 Å². The lowest BCUT2D eigenvalue weighted by Gasteiger charge is -2.14. The van der Waals surface area contributed by atoms with E-state index >= 15 is 4.39 Å². The van der Waals surface area contributed by atoms with Gasteiger partial charge in [-0.05, 0) is 36.4 Å². The Morgan fingerprint density at radius 3 is 2.52 bits per heavy atom. The minimum Gasteiger partial charge on any atom is -0.476 e. The van der Waals surface area contributed by atoms with Crippen molar-refractivity contribution >= 4 is 40.5 Å². The molecule has 0 saturated heterocycles. The zero-order valence-corrected chi connectivity index (χ0v) is 17.8. The third-order valence-electron chi connectivity index (χ3n) is 4.51. The third-order valence-corrected chi connectivity index (χ3v) is 6.02. The van der Waals surface area contributed by atoms with Crippen molar-refractivity contribution in [2.45, 2.75) is 6.61 Å². The highest BCUT2D eigenvalue weighted by Gasteiger charge is 2.28. The number of hydrogen-bond acceptors (Lipinski definition) is 4. The van der Waals surface area contributed by atoms with E-state index in [1.165, 1.54) is 46.2 Å². The molecule has 4 aromatic rings. The zero-order valence-electron chi connectivity index (χ0n) is 15.4. The summed E-state index contributed by atoms with van der Waals surface area (Å²) in [4.78, 5) is 16.9. The Morgan fingerprint density at radius 1 is 1.10 bits per heavy atom. The predicted molar refractivity (Wildman–Crippen MR) is 115 cm³/mol. The Balaban J connectivity index is 2.12. The van der Waals surface area contributed by atoms with Gasteiger partial charge in [0.2, 0.25) is 0 Å². The topological polar surface area (TPSA) is 75.3 Å². The van der Waals surface area contributed by atoms with Gasteiger partial charge < -0.3 is 10.2 Å². The number of benzene rings is 2. The first-order valence-corrected chi connectivity index (χ1v) is 10.4. The summed E-state index contributed by atoms with van der Waals surface area (Å²) in [5.74, 6) is -2.72. The quantitative estimate of drug-likeness (QED) is 0.364. The molecule has 158 valence electrons. The van der Waals surface area contributed by atoms with Crippen LogP contribution in [0, 0.1) is 11.6 Å². The average Bonchev–Trinajstić information content (AvgIpc) is 3.37. The highest BCUT2D eigenvalue weighted by Crippen LogP contribution is 2.38. The van der Waals surface area contributed by atoms with E-state index in [2.05, 4.69) is 4.98 Å². The fraction of sp³-hybridized carbons (Fsp3) is 0.0476. The van der Waals surface area contributed by atoms with Crippen LogP contribution < -0.4 is 0 Å². The SMILES string of the molecule is O=C(O)c1nc(-c2csc(CO)c2)n(-c2cccc(Cl)c2F)c1-c1ccc(F)c(Cl)c1. The number of aliphatic hydroxyl groups is 1. The van der Waals surface area contributed by atoms with E-state index in [4.69, 9.17) is 23.2 Å². The van der Waals surface area contributed by atoms with Gasteiger partial charge in [-0.2, -0.15) is 0 Å². The van der Waals surface area contributed by atoms with Crippen LogP contribution in [-0.4, -0.2) is 25.7 Å². The lowest BCUT2D eigenvalue weighted by atomic mass is 10.1. The van der Waals surface area contributed by atoms with Gasteiger partial charge in [0.25, 0.3) is 0 Å². The summed E-state index contributed by atoms with van der Waals surface area (Å²) in [5.41, 5.74) is 0.265. The van der Waals surface area contributed by atoms with Gasteiger partial charge in [-0.15, -0.1) is 11.3 Å².